The van der Waals surface area contributed by atoms with Crippen molar-refractivity contribution in [2.45, 2.75) is 13.3 Å². The van der Waals surface area contributed by atoms with Crippen LogP contribution in [0.1, 0.15) is 13.3 Å². The van der Waals surface area contributed by atoms with Gasteiger partial charge in [0.25, 0.3) is 0 Å². The first-order valence-electron chi connectivity index (χ1n) is 2.43. The van der Waals surface area contributed by atoms with Gasteiger partial charge in [-0.25, -0.2) is 0 Å². The Balaban J connectivity index is 2.18. The van der Waals surface area contributed by atoms with Gasteiger partial charge >= 0.3 is 49.3 Å². The summed E-state index contributed by atoms with van der Waals surface area (Å²) >= 11 is 0.702. The summed E-state index contributed by atoms with van der Waals surface area (Å²) in [5.74, 6) is 1.10. The molecule has 0 radical (unpaired) electrons. The molecule has 1 heteroatoms. The molecule has 38 valence electrons. The quantitative estimate of drug-likeness (QED) is 0.315. The van der Waals surface area contributed by atoms with E-state index < -0.39 is 0 Å². The average molecular weight is 197 g/mol. The fourth-order valence-corrected chi connectivity index (χ4v) is 4.05. The molecule has 1 aliphatic rings. The van der Waals surface area contributed by atoms with Crippen LogP contribution in [0.25, 0.3) is 0 Å². The first kappa shape index (κ1) is 4.88. The zero-order valence-corrected chi connectivity index (χ0v) is 6.23. The molecule has 0 aromatic heterocycles. The van der Waals surface area contributed by atoms with E-state index in [-0.39, 0.29) is 0 Å². The predicted octanol–water partition coefficient (Wildman–Crippen LogP) is -1.88. The van der Waals surface area contributed by atoms with Gasteiger partial charge in [0.1, 0.15) is 0 Å². The third kappa shape index (κ3) is 1.10. The molecule has 0 N–H and O–H groups in total. The molecule has 1 rings (SSSR count). The fourth-order valence-electron chi connectivity index (χ4n) is 0.604. The number of rotatable bonds is 0. The third-order valence-corrected chi connectivity index (χ3v) is 4.62. The van der Waals surface area contributed by atoms with Crippen molar-refractivity contribution in [3.63, 3.8) is 0 Å². The van der Waals surface area contributed by atoms with E-state index in [0.29, 0.717) is 21.2 Å². The molecule has 0 unspecified atom stereocenters. The molecule has 0 aliphatic carbocycles. The van der Waals surface area contributed by atoms with Gasteiger partial charge in [0.05, 0.1) is 0 Å². The summed E-state index contributed by atoms with van der Waals surface area (Å²) in [5.41, 5.74) is 0. The van der Waals surface area contributed by atoms with Crippen molar-refractivity contribution in [2.75, 3.05) is 8.86 Å². The Bertz CT molecular complexity index is 37.2. The van der Waals surface area contributed by atoms with Crippen LogP contribution >= 0.6 is 0 Å². The van der Waals surface area contributed by atoms with Crippen LogP contribution < -0.4 is 21.2 Å². The van der Waals surface area contributed by atoms with Crippen LogP contribution in [0.15, 0.2) is 0 Å². The van der Waals surface area contributed by atoms with Crippen molar-refractivity contribution in [1.82, 2.24) is 0 Å². The summed E-state index contributed by atoms with van der Waals surface area (Å²) in [6, 6.07) is 0. The molecule has 1 fully saturated rings. The zero-order chi connectivity index (χ0) is 4.41. The zero-order valence-electron chi connectivity index (χ0n) is 4.08. The Morgan fingerprint density at radius 2 is 2.50 bits per heavy atom. The maximum atomic E-state index is 2.37. The van der Waals surface area contributed by atoms with Crippen LogP contribution in [-0.2, 0) is 0 Å². The second-order valence-electron chi connectivity index (χ2n) is 1.93. The Morgan fingerprint density at radius 3 is 2.67 bits per heavy atom. The van der Waals surface area contributed by atoms with E-state index in [4.69, 9.17) is 0 Å². The molecule has 6 heavy (non-hydrogen) atoms. The SMILES string of the molecule is C[C@H]1CC[I-]C1. The van der Waals surface area contributed by atoms with E-state index in [9.17, 15) is 0 Å². The van der Waals surface area contributed by atoms with Crippen molar-refractivity contribution in [2.24, 2.45) is 5.92 Å². The monoisotopic (exact) mass is 197 g/mol. The molecule has 1 heterocycles. The Kier molecular flexibility index (Phi) is 1.74. The van der Waals surface area contributed by atoms with Crippen molar-refractivity contribution >= 4 is 0 Å². The van der Waals surface area contributed by atoms with Gasteiger partial charge in [0, 0.05) is 0 Å². The van der Waals surface area contributed by atoms with Crippen LogP contribution in [0, 0.1) is 5.92 Å². The standard InChI is InChI=1S/C5H10I/c1-5-2-3-6-4-5/h5H,2-4H2,1H3/q-1/t5-/m0/s1. The van der Waals surface area contributed by atoms with Gasteiger partial charge in [0.2, 0.25) is 0 Å². The van der Waals surface area contributed by atoms with Crippen LogP contribution in [-0.4, -0.2) is 8.86 Å². The van der Waals surface area contributed by atoms with Gasteiger partial charge in [-0.1, -0.05) is 0 Å². The first-order valence-corrected chi connectivity index (χ1v) is 5.48. The maximum absolute atomic E-state index is 2.37. The van der Waals surface area contributed by atoms with Gasteiger partial charge < -0.3 is 0 Å². The topological polar surface area (TPSA) is 0 Å². The minimum atomic E-state index is 0.702. The number of halogens is 1. The van der Waals surface area contributed by atoms with Gasteiger partial charge in [-0.05, 0) is 0 Å². The van der Waals surface area contributed by atoms with Crippen LogP contribution in [0.5, 0.6) is 0 Å². The minimum absolute atomic E-state index is 0.702. The number of alkyl halides is 2. The molecule has 1 saturated heterocycles. The molecule has 0 nitrogen and oxygen atoms in total. The Morgan fingerprint density at radius 1 is 1.67 bits per heavy atom. The third-order valence-electron chi connectivity index (χ3n) is 1.11. The van der Waals surface area contributed by atoms with E-state index in [1.165, 1.54) is 6.42 Å². The normalized spacial score (nSPS) is 35.8. The number of hydrogen-bond acceptors (Lipinski definition) is 0. The average Bonchev–Trinajstić information content (AvgIpc) is 1.86. The van der Waals surface area contributed by atoms with Gasteiger partial charge in [-0.15, -0.1) is 0 Å². The molecule has 0 spiro atoms. The van der Waals surface area contributed by atoms with Gasteiger partial charge in [-0.3, -0.25) is 0 Å². The van der Waals surface area contributed by atoms with E-state index in [1.54, 1.807) is 8.86 Å². The van der Waals surface area contributed by atoms with Crippen molar-refractivity contribution in [1.29, 1.82) is 0 Å². The fraction of sp³-hybridized carbons (Fsp3) is 1.00. The molecule has 0 aromatic carbocycles. The first-order chi connectivity index (χ1) is 2.89. The molecule has 0 aromatic rings. The second kappa shape index (κ2) is 2.15. The van der Waals surface area contributed by atoms with Crippen molar-refractivity contribution < 1.29 is 21.2 Å². The summed E-state index contributed by atoms with van der Waals surface area (Å²) in [6.45, 7) is 2.37. The molecule has 0 bridgehead atoms. The Hall–Kier alpha value is 0.730. The molecular weight excluding hydrogens is 187 g/mol. The molecule has 1 atom stereocenters. The van der Waals surface area contributed by atoms with E-state index >= 15 is 0 Å². The molecule has 0 saturated carbocycles. The Labute approximate surface area is 49.6 Å². The van der Waals surface area contributed by atoms with E-state index in [1.807, 2.05) is 0 Å². The second-order valence-corrected chi connectivity index (χ2v) is 4.96. The number of hydrogen-bond donors (Lipinski definition) is 0. The van der Waals surface area contributed by atoms with Crippen molar-refractivity contribution in [3.8, 4) is 0 Å². The predicted molar refractivity (Wildman–Crippen MR) is 23.5 cm³/mol. The molecule has 1 aliphatic heterocycles. The van der Waals surface area contributed by atoms with E-state index in [0.717, 1.165) is 5.92 Å². The van der Waals surface area contributed by atoms with E-state index in [2.05, 4.69) is 6.92 Å². The van der Waals surface area contributed by atoms with Crippen LogP contribution in [0.3, 0.4) is 0 Å². The summed E-state index contributed by atoms with van der Waals surface area (Å²) in [4.78, 5) is 0. The summed E-state index contributed by atoms with van der Waals surface area (Å²) in [5, 5.41) is 0. The summed E-state index contributed by atoms with van der Waals surface area (Å²) in [7, 11) is 0. The van der Waals surface area contributed by atoms with Gasteiger partial charge in [-0.2, -0.15) is 0 Å². The van der Waals surface area contributed by atoms with Gasteiger partial charge in [0.15, 0.2) is 0 Å². The van der Waals surface area contributed by atoms with Crippen LogP contribution in [0.2, 0.25) is 0 Å². The molecule has 0 amide bonds. The molecular formula is C5H10I-. The summed E-state index contributed by atoms with van der Waals surface area (Å²) in [6.07, 6.45) is 1.54. The van der Waals surface area contributed by atoms with Crippen molar-refractivity contribution in [3.05, 3.63) is 0 Å². The van der Waals surface area contributed by atoms with Crippen LogP contribution in [0.4, 0.5) is 0 Å². The summed E-state index contributed by atoms with van der Waals surface area (Å²) < 4.78 is 3.19.